The van der Waals surface area contributed by atoms with Crippen molar-refractivity contribution in [3.8, 4) is 0 Å². The van der Waals surface area contributed by atoms with Gasteiger partial charge in [0, 0.05) is 0 Å². The lowest BCUT2D eigenvalue weighted by Gasteiger charge is -2.34. The fourth-order valence-corrected chi connectivity index (χ4v) is 4.47. The van der Waals surface area contributed by atoms with Gasteiger partial charge in [0.25, 0.3) is 0 Å². The van der Waals surface area contributed by atoms with E-state index in [0.717, 1.165) is 19.3 Å². The standard InChI is InChI=1S/C22H28Br2/c1-3-5-16-22(24,20-14-10-7-11-15-20)18-17-21(23,4-2)19-12-8-6-9-13-19/h6-15H,3-5,16-18H2,1-2H3. The molecular formula is C22H28Br2. The van der Waals surface area contributed by atoms with Crippen molar-refractivity contribution < 1.29 is 0 Å². The second-order valence-electron chi connectivity index (χ2n) is 6.62. The molecular weight excluding hydrogens is 424 g/mol. The molecule has 2 aromatic rings. The van der Waals surface area contributed by atoms with Crippen molar-refractivity contribution in [3.05, 3.63) is 71.8 Å². The maximum Gasteiger partial charge on any atom is 0.0506 e. The minimum Gasteiger partial charge on any atom is -0.0801 e. The molecule has 2 aromatic carbocycles. The van der Waals surface area contributed by atoms with E-state index in [1.165, 1.54) is 30.4 Å². The summed E-state index contributed by atoms with van der Waals surface area (Å²) in [6, 6.07) is 21.8. The Labute approximate surface area is 164 Å². The van der Waals surface area contributed by atoms with Crippen molar-refractivity contribution >= 4 is 31.9 Å². The number of hydrogen-bond donors (Lipinski definition) is 0. The zero-order valence-corrected chi connectivity index (χ0v) is 17.9. The molecule has 0 fully saturated rings. The first-order valence-corrected chi connectivity index (χ1v) is 10.6. The fraction of sp³-hybridized carbons (Fsp3) is 0.455. The molecule has 0 radical (unpaired) electrons. The summed E-state index contributed by atoms with van der Waals surface area (Å²) in [6.07, 6.45) is 6.96. The van der Waals surface area contributed by atoms with Gasteiger partial charge < -0.3 is 0 Å². The largest absolute Gasteiger partial charge is 0.0801 e. The molecule has 0 aliphatic heterocycles. The van der Waals surface area contributed by atoms with E-state index in [9.17, 15) is 0 Å². The van der Waals surface area contributed by atoms with Gasteiger partial charge in [-0.05, 0) is 36.8 Å². The normalized spacial score (nSPS) is 16.3. The first-order chi connectivity index (χ1) is 11.5. The SMILES string of the molecule is CCCCC(Br)(CCC(Br)(CC)c1ccccc1)c1ccccc1. The summed E-state index contributed by atoms with van der Waals surface area (Å²) in [5, 5.41) is 0. The van der Waals surface area contributed by atoms with E-state index in [1.807, 2.05) is 0 Å². The predicted octanol–water partition coefficient (Wildman–Crippen LogP) is 7.95. The van der Waals surface area contributed by atoms with Gasteiger partial charge in [0.1, 0.15) is 0 Å². The van der Waals surface area contributed by atoms with Gasteiger partial charge in [-0.3, -0.25) is 0 Å². The third-order valence-corrected chi connectivity index (χ3v) is 7.65. The van der Waals surface area contributed by atoms with Gasteiger partial charge in [0.2, 0.25) is 0 Å². The second-order valence-corrected chi connectivity index (χ2v) is 9.66. The minimum absolute atomic E-state index is 0.0499. The number of rotatable bonds is 9. The van der Waals surface area contributed by atoms with Gasteiger partial charge in [-0.1, -0.05) is 119 Å². The summed E-state index contributed by atoms with van der Waals surface area (Å²) >= 11 is 8.19. The molecule has 0 nitrogen and oxygen atoms in total. The van der Waals surface area contributed by atoms with Gasteiger partial charge in [0.15, 0.2) is 0 Å². The van der Waals surface area contributed by atoms with E-state index < -0.39 is 0 Å². The molecule has 0 amide bonds. The van der Waals surface area contributed by atoms with Crippen LogP contribution in [-0.4, -0.2) is 0 Å². The Bertz CT molecular complexity index is 596. The number of benzene rings is 2. The molecule has 0 aromatic heterocycles. The van der Waals surface area contributed by atoms with Crippen LogP contribution in [0.25, 0.3) is 0 Å². The molecule has 0 saturated heterocycles. The number of hydrogen-bond acceptors (Lipinski definition) is 0. The van der Waals surface area contributed by atoms with Crippen LogP contribution in [0, 0.1) is 0 Å². The topological polar surface area (TPSA) is 0 Å². The lowest BCUT2D eigenvalue weighted by atomic mass is 9.83. The van der Waals surface area contributed by atoms with Crippen molar-refractivity contribution in [3.63, 3.8) is 0 Å². The summed E-state index contributed by atoms with van der Waals surface area (Å²) in [4.78, 5) is 0. The Morgan fingerprint density at radius 3 is 1.58 bits per heavy atom. The monoisotopic (exact) mass is 450 g/mol. The first-order valence-electron chi connectivity index (χ1n) is 9.03. The van der Waals surface area contributed by atoms with E-state index >= 15 is 0 Å². The summed E-state index contributed by atoms with van der Waals surface area (Å²) in [6.45, 7) is 4.54. The molecule has 2 unspecified atom stereocenters. The van der Waals surface area contributed by atoms with Crippen LogP contribution >= 0.6 is 31.9 Å². The van der Waals surface area contributed by atoms with Crippen LogP contribution in [0.3, 0.4) is 0 Å². The average Bonchev–Trinajstić information content (AvgIpc) is 2.66. The number of halogens is 2. The Balaban J connectivity index is 2.20. The van der Waals surface area contributed by atoms with Crippen LogP contribution in [0.2, 0.25) is 0 Å². The Kier molecular flexibility index (Phi) is 7.56. The van der Waals surface area contributed by atoms with Gasteiger partial charge in [0.05, 0.1) is 8.65 Å². The molecule has 24 heavy (non-hydrogen) atoms. The van der Waals surface area contributed by atoms with Crippen LogP contribution in [0.4, 0.5) is 0 Å². The molecule has 0 N–H and O–H groups in total. The highest BCUT2D eigenvalue weighted by Gasteiger charge is 2.34. The van der Waals surface area contributed by atoms with E-state index in [0.29, 0.717) is 0 Å². The number of alkyl halides is 2. The van der Waals surface area contributed by atoms with Crippen molar-refractivity contribution in [2.75, 3.05) is 0 Å². The molecule has 2 atom stereocenters. The Morgan fingerprint density at radius 2 is 1.12 bits per heavy atom. The Morgan fingerprint density at radius 1 is 0.667 bits per heavy atom. The molecule has 0 saturated carbocycles. The van der Waals surface area contributed by atoms with E-state index in [2.05, 4.69) is 106 Å². The predicted molar refractivity (Wildman–Crippen MR) is 113 cm³/mol. The smallest absolute Gasteiger partial charge is 0.0506 e. The maximum atomic E-state index is 4.13. The lowest BCUT2D eigenvalue weighted by molar-refractivity contribution is 0.441. The summed E-state index contributed by atoms with van der Waals surface area (Å²) < 4.78 is 0.113. The first kappa shape index (κ1) is 19.7. The zero-order valence-electron chi connectivity index (χ0n) is 14.8. The van der Waals surface area contributed by atoms with Gasteiger partial charge >= 0.3 is 0 Å². The van der Waals surface area contributed by atoms with E-state index in [1.54, 1.807) is 0 Å². The van der Waals surface area contributed by atoms with Gasteiger partial charge in [-0.15, -0.1) is 0 Å². The number of unbranched alkanes of at least 4 members (excludes halogenated alkanes) is 1. The molecule has 130 valence electrons. The van der Waals surface area contributed by atoms with Crippen LogP contribution in [0.15, 0.2) is 60.7 Å². The molecule has 2 rings (SSSR count). The van der Waals surface area contributed by atoms with E-state index in [4.69, 9.17) is 0 Å². The molecule has 2 heteroatoms. The van der Waals surface area contributed by atoms with Crippen molar-refractivity contribution in [1.29, 1.82) is 0 Å². The van der Waals surface area contributed by atoms with Gasteiger partial charge in [-0.2, -0.15) is 0 Å². The second kappa shape index (κ2) is 9.20. The Hall–Kier alpha value is -0.600. The third-order valence-electron chi connectivity index (χ3n) is 4.99. The van der Waals surface area contributed by atoms with Crippen molar-refractivity contribution in [1.82, 2.24) is 0 Å². The van der Waals surface area contributed by atoms with Crippen molar-refractivity contribution in [2.45, 2.75) is 61.0 Å². The minimum atomic E-state index is 0.0499. The third kappa shape index (κ3) is 4.95. The summed E-state index contributed by atoms with van der Waals surface area (Å²) in [5.74, 6) is 0. The van der Waals surface area contributed by atoms with Crippen LogP contribution in [-0.2, 0) is 8.65 Å². The van der Waals surface area contributed by atoms with Crippen LogP contribution < -0.4 is 0 Å². The summed E-state index contributed by atoms with van der Waals surface area (Å²) in [5.41, 5.74) is 2.78. The van der Waals surface area contributed by atoms with Gasteiger partial charge in [-0.25, -0.2) is 0 Å². The maximum absolute atomic E-state index is 4.13. The molecule has 0 bridgehead atoms. The van der Waals surface area contributed by atoms with E-state index in [-0.39, 0.29) is 8.65 Å². The van der Waals surface area contributed by atoms with Crippen LogP contribution in [0.1, 0.15) is 63.5 Å². The quantitative estimate of drug-likeness (QED) is 0.339. The average molecular weight is 452 g/mol. The highest BCUT2D eigenvalue weighted by molar-refractivity contribution is 9.10. The molecule has 0 aliphatic carbocycles. The molecule has 0 aliphatic rings. The molecule has 0 heterocycles. The van der Waals surface area contributed by atoms with Crippen molar-refractivity contribution in [2.24, 2.45) is 0 Å². The fourth-order valence-electron chi connectivity index (χ4n) is 3.27. The molecule has 0 spiro atoms. The highest BCUT2D eigenvalue weighted by Crippen LogP contribution is 2.47. The zero-order chi connectivity index (χ0) is 17.5. The van der Waals surface area contributed by atoms with Crippen LogP contribution in [0.5, 0.6) is 0 Å². The summed E-state index contributed by atoms with van der Waals surface area (Å²) in [7, 11) is 0. The lowest BCUT2D eigenvalue weighted by Crippen LogP contribution is -2.24. The highest BCUT2D eigenvalue weighted by atomic mass is 79.9.